The molecule has 1 saturated heterocycles. The van der Waals surface area contributed by atoms with E-state index in [0.717, 1.165) is 54.4 Å². The molecule has 1 amide bonds. The number of aromatic nitrogens is 3. The van der Waals surface area contributed by atoms with E-state index in [2.05, 4.69) is 75.8 Å². The fraction of sp³-hybridized carbons (Fsp3) is 0.387. The molecule has 3 N–H and O–H groups in total. The molecular weight excluding hydrogens is 539 g/mol. The number of halogens is 1. The van der Waals surface area contributed by atoms with Crippen LogP contribution in [-0.2, 0) is 11.3 Å². The number of fused-ring (bicyclic) bond motifs is 1. The van der Waals surface area contributed by atoms with E-state index in [-0.39, 0.29) is 5.91 Å². The van der Waals surface area contributed by atoms with Crippen LogP contribution in [0.25, 0.3) is 11.2 Å². The molecule has 0 radical (unpaired) electrons. The van der Waals surface area contributed by atoms with E-state index in [1.54, 1.807) is 4.40 Å². The van der Waals surface area contributed by atoms with Gasteiger partial charge in [-0.25, -0.2) is 0 Å². The second-order valence-electron chi connectivity index (χ2n) is 9.89. The summed E-state index contributed by atoms with van der Waals surface area (Å²) in [4.78, 5) is 15.0. The molecule has 1 aliphatic rings. The molecule has 2 aromatic heterocycles. The number of likely N-dealkylation sites (tertiary alicyclic amines) is 1. The van der Waals surface area contributed by atoms with E-state index in [9.17, 15) is 4.79 Å². The lowest BCUT2D eigenvalue weighted by molar-refractivity contribution is -0.117. The van der Waals surface area contributed by atoms with Gasteiger partial charge in [-0.15, -0.1) is 32.6 Å². The lowest BCUT2D eigenvalue weighted by Crippen LogP contribution is -2.32. The topological polar surface area (TPSA) is 88.5 Å². The second-order valence-corrected chi connectivity index (χ2v) is 11.2. The van der Waals surface area contributed by atoms with Crippen LogP contribution < -0.4 is 11.1 Å². The largest absolute Gasteiger partial charge is 0.326 e. The zero-order chi connectivity index (χ0) is 29.7. The molecule has 1 unspecified atom stereocenters. The average molecular weight is 583 g/mol. The zero-order valence-electron chi connectivity index (χ0n) is 24.3. The highest BCUT2D eigenvalue weighted by Gasteiger charge is 2.21. The second kappa shape index (κ2) is 17.1. The minimum Gasteiger partial charge on any atom is -0.326 e. The van der Waals surface area contributed by atoms with Gasteiger partial charge in [-0.2, -0.15) is 0 Å². The Balaban J connectivity index is 0.000000534. The Morgan fingerprint density at radius 2 is 1.88 bits per heavy atom. The summed E-state index contributed by atoms with van der Waals surface area (Å²) in [5.74, 6) is 0.798. The van der Waals surface area contributed by atoms with Crippen molar-refractivity contribution in [1.82, 2.24) is 19.5 Å². The van der Waals surface area contributed by atoms with Gasteiger partial charge in [0, 0.05) is 29.8 Å². The first kappa shape index (κ1) is 33.4. The standard InChI is InChI=1S/C22H32ClN6OP.C7H8.C2H4/c1-4-17(19(23)9-14(2)31)18-13-29-20(11-16(18)12-24)26-27-22(29)25-21(30)10-15-5-7-28(3)8-6-15;1-7-5-3-2-4-6-7;1-2/h9,11,13,15H,4-8,10,12,24,31H2,1-3H3,(H,25,27,30);2-6H,1H3;1-2H2/b14-9+,19-17-;;. The number of anilines is 1. The predicted octanol–water partition coefficient (Wildman–Crippen LogP) is 6.79. The van der Waals surface area contributed by atoms with Crippen LogP contribution >= 0.6 is 20.8 Å². The van der Waals surface area contributed by atoms with Gasteiger partial charge in [0.1, 0.15) is 0 Å². The summed E-state index contributed by atoms with van der Waals surface area (Å²) in [7, 11) is 4.77. The molecule has 1 atom stereocenters. The van der Waals surface area contributed by atoms with Crippen molar-refractivity contribution in [3.8, 4) is 0 Å². The van der Waals surface area contributed by atoms with Crippen LogP contribution in [0.2, 0.25) is 0 Å². The van der Waals surface area contributed by atoms with Crippen molar-refractivity contribution in [1.29, 1.82) is 0 Å². The number of benzene rings is 1. The van der Waals surface area contributed by atoms with Crippen LogP contribution in [0, 0.1) is 12.8 Å². The fourth-order valence-corrected chi connectivity index (χ4v) is 5.19. The van der Waals surface area contributed by atoms with Crippen molar-refractivity contribution in [3.63, 3.8) is 0 Å². The summed E-state index contributed by atoms with van der Waals surface area (Å²) < 4.78 is 1.80. The third kappa shape index (κ3) is 9.97. The molecule has 3 heterocycles. The fourth-order valence-electron chi connectivity index (χ4n) is 4.51. The van der Waals surface area contributed by atoms with Crippen LogP contribution in [0.15, 0.2) is 72.2 Å². The average Bonchev–Trinajstić information content (AvgIpc) is 3.32. The number of aryl methyl sites for hydroxylation is 1. The van der Waals surface area contributed by atoms with E-state index < -0.39 is 0 Å². The molecular formula is C31H44ClN6OP. The molecule has 0 saturated carbocycles. The summed E-state index contributed by atoms with van der Waals surface area (Å²) in [6.07, 6.45) is 7.18. The Morgan fingerprint density at radius 1 is 1.23 bits per heavy atom. The van der Waals surface area contributed by atoms with E-state index in [0.29, 0.717) is 35.5 Å². The number of allylic oxidation sites excluding steroid dienone is 4. The highest BCUT2D eigenvalue weighted by molar-refractivity contribution is 7.22. The van der Waals surface area contributed by atoms with Gasteiger partial charge in [0.2, 0.25) is 11.9 Å². The normalized spacial score (nSPS) is 14.9. The number of nitrogens with zero attached hydrogens (tertiary/aromatic N) is 4. The van der Waals surface area contributed by atoms with Crippen LogP contribution in [0.3, 0.4) is 0 Å². The lowest BCUT2D eigenvalue weighted by atomic mass is 9.93. The van der Waals surface area contributed by atoms with Crippen molar-refractivity contribution >= 4 is 43.9 Å². The quantitative estimate of drug-likeness (QED) is 0.182. The van der Waals surface area contributed by atoms with Gasteiger partial charge < -0.3 is 10.6 Å². The number of hydrogen-bond acceptors (Lipinski definition) is 5. The number of pyridine rings is 1. The molecule has 0 spiro atoms. The van der Waals surface area contributed by atoms with Gasteiger partial charge in [-0.1, -0.05) is 59.7 Å². The Hall–Kier alpha value is -2.83. The first-order chi connectivity index (χ1) is 19.2. The molecule has 4 rings (SSSR count). The number of nitrogens with two attached hydrogens (primary N) is 1. The predicted molar refractivity (Wildman–Crippen MR) is 173 cm³/mol. The van der Waals surface area contributed by atoms with Crippen molar-refractivity contribution in [2.75, 3.05) is 25.5 Å². The monoisotopic (exact) mass is 582 g/mol. The van der Waals surface area contributed by atoms with Gasteiger partial charge in [0.25, 0.3) is 0 Å². The Bertz CT molecular complexity index is 1290. The van der Waals surface area contributed by atoms with Crippen LogP contribution in [0.1, 0.15) is 56.2 Å². The highest BCUT2D eigenvalue weighted by atomic mass is 35.5. The highest BCUT2D eigenvalue weighted by Crippen LogP contribution is 2.31. The molecule has 40 heavy (non-hydrogen) atoms. The third-order valence-electron chi connectivity index (χ3n) is 6.67. The van der Waals surface area contributed by atoms with Gasteiger partial charge in [0.15, 0.2) is 5.65 Å². The number of carbonyl (C=O) groups is 1. The number of amides is 1. The molecule has 7 nitrogen and oxygen atoms in total. The molecule has 0 aliphatic carbocycles. The maximum Gasteiger partial charge on any atom is 0.235 e. The maximum atomic E-state index is 12.7. The minimum atomic E-state index is -0.0286. The van der Waals surface area contributed by atoms with E-state index in [4.69, 9.17) is 17.3 Å². The molecule has 1 fully saturated rings. The number of piperidine rings is 1. The van der Waals surface area contributed by atoms with Gasteiger partial charge in [0.05, 0.1) is 0 Å². The molecule has 9 heteroatoms. The summed E-state index contributed by atoms with van der Waals surface area (Å²) in [5, 5.41) is 13.1. The van der Waals surface area contributed by atoms with Gasteiger partial charge in [-0.3, -0.25) is 14.5 Å². The SMILES string of the molecule is C=C.CC/C(=C(Cl)\C=C(/C)P)c1cn2c(NC(=O)CC3CCN(C)CC3)nnc2cc1CN.Cc1ccccc1. The molecule has 1 aromatic carbocycles. The van der Waals surface area contributed by atoms with E-state index in [1.165, 1.54) is 5.56 Å². The van der Waals surface area contributed by atoms with Gasteiger partial charge >= 0.3 is 0 Å². The summed E-state index contributed by atoms with van der Waals surface area (Å²) in [6, 6.07) is 12.2. The number of hydrogen-bond donors (Lipinski definition) is 2. The molecule has 1 aliphatic heterocycles. The molecule has 0 bridgehead atoms. The summed E-state index contributed by atoms with van der Waals surface area (Å²) in [5.41, 5.74) is 10.9. The lowest BCUT2D eigenvalue weighted by Gasteiger charge is -2.28. The van der Waals surface area contributed by atoms with Crippen molar-refractivity contribution in [2.45, 2.75) is 53.0 Å². The Kier molecular flexibility index (Phi) is 14.3. The van der Waals surface area contributed by atoms with Gasteiger partial charge in [-0.05, 0) is 82.4 Å². The number of nitrogens with one attached hydrogen (secondary N) is 1. The summed E-state index contributed by atoms with van der Waals surface area (Å²) in [6.45, 7) is 14.5. The molecule has 3 aromatic rings. The maximum absolute atomic E-state index is 12.7. The number of rotatable bonds is 7. The van der Waals surface area contributed by atoms with E-state index in [1.807, 2.05) is 43.5 Å². The Morgan fingerprint density at radius 3 is 2.40 bits per heavy atom. The molecule has 216 valence electrons. The Labute approximate surface area is 246 Å². The summed E-state index contributed by atoms with van der Waals surface area (Å²) >= 11 is 6.61. The smallest absolute Gasteiger partial charge is 0.235 e. The van der Waals surface area contributed by atoms with Crippen LogP contribution in [-0.4, -0.2) is 45.5 Å². The first-order valence-corrected chi connectivity index (χ1v) is 14.6. The zero-order valence-corrected chi connectivity index (χ0v) is 26.2. The first-order valence-electron chi connectivity index (χ1n) is 13.6. The van der Waals surface area contributed by atoms with Crippen molar-refractivity contribution < 1.29 is 4.79 Å². The van der Waals surface area contributed by atoms with Crippen molar-refractivity contribution in [2.24, 2.45) is 11.7 Å². The van der Waals surface area contributed by atoms with E-state index >= 15 is 0 Å². The minimum absolute atomic E-state index is 0.0286. The number of carbonyl (C=O) groups excluding carboxylic acids is 1. The van der Waals surface area contributed by atoms with Crippen LogP contribution in [0.4, 0.5) is 5.95 Å². The third-order valence-corrected chi connectivity index (χ3v) is 7.18. The van der Waals surface area contributed by atoms with Crippen LogP contribution in [0.5, 0.6) is 0 Å². The van der Waals surface area contributed by atoms with Crippen molar-refractivity contribution in [3.05, 3.63) is 88.9 Å².